The van der Waals surface area contributed by atoms with E-state index in [1.165, 1.54) is 39.2 Å². The number of carbonyl (C=O) groups excluding carboxylic acids is 2. The molecule has 0 bridgehead atoms. The fourth-order valence-electron chi connectivity index (χ4n) is 4.23. The van der Waals surface area contributed by atoms with Gasteiger partial charge in [-0.3, -0.25) is 9.59 Å². The molecule has 198 valence electrons. The molecule has 0 heterocycles. The molecular weight excluding hydrogens is 428 g/mol. The molecule has 5 heteroatoms. The molecular formula is C29H52O5. The van der Waals surface area contributed by atoms with Crippen molar-refractivity contribution >= 4 is 11.9 Å². The normalized spacial score (nSPS) is 13.2. The van der Waals surface area contributed by atoms with Gasteiger partial charge in [0.2, 0.25) is 0 Å². The Morgan fingerprint density at radius 2 is 1.50 bits per heavy atom. The van der Waals surface area contributed by atoms with E-state index < -0.39 is 0 Å². The van der Waals surface area contributed by atoms with E-state index in [0.29, 0.717) is 6.42 Å². The van der Waals surface area contributed by atoms with Crippen molar-refractivity contribution in [2.75, 3.05) is 7.11 Å². The summed E-state index contributed by atoms with van der Waals surface area (Å²) in [7, 11) is 1.38. The van der Waals surface area contributed by atoms with Crippen molar-refractivity contribution in [2.45, 2.75) is 130 Å². The Hall–Kier alpha value is -1.78. The second-order valence-corrected chi connectivity index (χ2v) is 9.41. The first-order valence-corrected chi connectivity index (χ1v) is 13.7. The van der Waals surface area contributed by atoms with Crippen molar-refractivity contribution in [2.24, 2.45) is 11.8 Å². The molecule has 0 aliphatic heterocycles. The maximum Gasteiger partial charge on any atom is 0.306 e. The number of esters is 2. The van der Waals surface area contributed by atoms with Gasteiger partial charge in [-0.05, 0) is 44.4 Å². The van der Waals surface area contributed by atoms with Gasteiger partial charge in [-0.25, -0.2) is 0 Å². The molecule has 0 radical (unpaired) electrons. The maximum absolute atomic E-state index is 11.9. The van der Waals surface area contributed by atoms with Crippen molar-refractivity contribution in [1.29, 1.82) is 0 Å². The van der Waals surface area contributed by atoms with Crippen LogP contribution in [0.15, 0.2) is 24.5 Å². The molecule has 0 rings (SSSR count). The lowest BCUT2D eigenvalue weighted by molar-refractivity contribution is -0.149. The minimum absolute atomic E-state index is 0.0555. The van der Waals surface area contributed by atoms with Gasteiger partial charge in [-0.15, -0.1) is 0 Å². The Morgan fingerprint density at radius 3 is 2.12 bits per heavy atom. The van der Waals surface area contributed by atoms with Crippen LogP contribution in [0.2, 0.25) is 0 Å². The van der Waals surface area contributed by atoms with Crippen LogP contribution in [0.4, 0.5) is 0 Å². The summed E-state index contributed by atoms with van der Waals surface area (Å²) in [5.41, 5.74) is 0. The van der Waals surface area contributed by atoms with Gasteiger partial charge >= 0.3 is 11.9 Å². The molecule has 0 aliphatic carbocycles. The van der Waals surface area contributed by atoms with Crippen LogP contribution in [0.5, 0.6) is 0 Å². The molecule has 0 aromatic rings. The van der Waals surface area contributed by atoms with Crippen LogP contribution in [0.25, 0.3) is 0 Å². The van der Waals surface area contributed by atoms with Crippen molar-refractivity contribution in [3.8, 4) is 0 Å². The van der Waals surface area contributed by atoms with Crippen LogP contribution in [-0.2, 0) is 19.1 Å². The van der Waals surface area contributed by atoms with Crippen LogP contribution in [0.3, 0.4) is 0 Å². The van der Waals surface area contributed by atoms with Gasteiger partial charge in [0.15, 0.2) is 0 Å². The summed E-state index contributed by atoms with van der Waals surface area (Å²) >= 11 is 0. The van der Waals surface area contributed by atoms with E-state index in [4.69, 9.17) is 9.47 Å². The number of aliphatic hydroxyl groups is 1. The van der Waals surface area contributed by atoms with E-state index in [1.807, 2.05) is 13.8 Å². The SMILES string of the molecule is C=C(O)C(CC(=O)OC)C(/C=C/CCCCCCC(=O)OC(CC)CC)CCCCCCCC. The van der Waals surface area contributed by atoms with Crippen molar-refractivity contribution in [3.05, 3.63) is 24.5 Å². The highest BCUT2D eigenvalue weighted by Crippen LogP contribution is 2.29. The average Bonchev–Trinajstić information content (AvgIpc) is 2.83. The van der Waals surface area contributed by atoms with Crippen LogP contribution >= 0.6 is 0 Å². The summed E-state index contributed by atoms with van der Waals surface area (Å²) < 4.78 is 10.3. The topological polar surface area (TPSA) is 72.8 Å². The molecule has 0 spiro atoms. The highest BCUT2D eigenvalue weighted by atomic mass is 16.5. The van der Waals surface area contributed by atoms with Crippen molar-refractivity contribution in [3.63, 3.8) is 0 Å². The van der Waals surface area contributed by atoms with Gasteiger partial charge < -0.3 is 14.6 Å². The smallest absolute Gasteiger partial charge is 0.306 e. The summed E-state index contributed by atoms with van der Waals surface area (Å²) in [6.45, 7) is 10.0. The quantitative estimate of drug-likeness (QED) is 0.0731. The van der Waals surface area contributed by atoms with Crippen LogP contribution in [0.1, 0.15) is 124 Å². The molecule has 0 aliphatic rings. The second-order valence-electron chi connectivity index (χ2n) is 9.41. The third-order valence-corrected chi connectivity index (χ3v) is 6.54. The predicted octanol–water partition coefficient (Wildman–Crippen LogP) is 8.23. The molecule has 5 nitrogen and oxygen atoms in total. The number of rotatable bonds is 22. The number of aliphatic hydroxyl groups excluding tert-OH is 1. The first-order valence-electron chi connectivity index (χ1n) is 13.7. The number of hydrogen-bond donors (Lipinski definition) is 1. The molecule has 2 atom stereocenters. The predicted molar refractivity (Wildman–Crippen MR) is 141 cm³/mol. The largest absolute Gasteiger partial charge is 0.513 e. The number of unbranched alkanes of at least 4 members (excludes halogenated alkanes) is 9. The molecule has 2 unspecified atom stereocenters. The molecule has 0 amide bonds. The van der Waals surface area contributed by atoms with Gasteiger partial charge in [0, 0.05) is 12.3 Å². The minimum Gasteiger partial charge on any atom is -0.513 e. The zero-order valence-electron chi connectivity index (χ0n) is 22.5. The van der Waals surface area contributed by atoms with Gasteiger partial charge in [0.1, 0.15) is 6.10 Å². The standard InChI is InChI=1S/C29H52O5/c1-6-9-10-11-14-17-20-25(27(24(4)30)23-29(32)33-5)21-18-15-12-13-16-19-22-28(31)34-26(7-2)8-3/h18,21,25-27,30H,4,6-17,19-20,22-23H2,1-3,5H3/b21-18+. The number of ether oxygens (including phenoxy) is 2. The lowest BCUT2D eigenvalue weighted by Gasteiger charge is -2.23. The van der Waals surface area contributed by atoms with E-state index in [-0.39, 0.29) is 42.1 Å². The van der Waals surface area contributed by atoms with Gasteiger partial charge in [0.05, 0.1) is 19.3 Å². The van der Waals surface area contributed by atoms with E-state index in [2.05, 4.69) is 25.7 Å². The minimum atomic E-state index is -0.315. The highest BCUT2D eigenvalue weighted by Gasteiger charge is 2.25. The first-order chi connectivity index (χ1) is 16.4. The maximum atomic E-state index is 11.9. The Morgan fingerprint density at radius 1 is 0.882 bits per heavy atom. The van der Waals surface area contributed by atoms with Crippen LogP contribution < -0.4 is 0 Å². The Bertz CT molecular complexity index is 565. The summed E-state index contributed by atoms with van der Waals surface area (Å²) in [4.78, 5) is 23.7. The second kappa shape index (κ2) is 21.7. The van der Waals surface area contributed by atoms with E-state index >= 15 is 0 Å². The molecule has 0 saturated heterocycles. The Labute approximate surface area is 209 Å². The molecule has 1 N–H and O–H groups in total. The lowest BCUT2D eigenvalue weighted by Crippen LogP contribution is -2.20. The number of hydrogen-bond acceptors (Lipinski definition) is 5. The van der Waals surface area contributed by atoms with Gasteiger partial charge in [-0.2, -0.15) is 0 Å². The first kappa shape index (κ1) is 32.2. The highest BCUT2D eigenvalue weighted by molar-refractivity contribution is 5.70. The third-order valence-electron chi connectivity index (χ3n) is 6.54. The van der Waals surface area contributed by atoms with Crippen LogP contribution in [-0.4, -0.2) is 30.3 Å². The number of carbonyl (C=O) groups is 2. The zero-order chi connectivity index (χ0) is 25.6. The summed E-state index contributed by atoms with van der Waals surface area (Å²) in [6.07, 6.45) is 20.0. The Kier molecular flexibility index (Phi) is 20.6. The summed E-state index contributed by atoms with van der Waals surface area (Å²) in [5, 5.41) is 10.2. The third kappa shape index (κ3) is 16.8. The summed E-state index contributed by atoms with van der Waals surface area (Å²) in [5.74, 6) is -0.550. The van der Waals surface area contributed by atoms with Gasteiger partial charge in [0.25, 0.3) is 0 Å². The lowest BCUT2D eigenvalue weighted by atomic mass is 9.83. The van der Waals surface area contributed by atoms with Gasteiger partial charge in [-0.1, -0.05) is 90.9 Å². The average molecular weight is 481 g/mol. The Balaban J connectivity index is 4.48. The van der Waals surface area contributed by atoms with E-state index in [0.717, 1.165) is 57.8 Å². The molecule has 0 aromatic carbocycles. The van der Waals surface area contributed by atoms with Crippen molar-refractivity contribution < 1.29 is 24.2 Å². The molecule has 34 heavy (non-hydrogen) atoms. The monoisotopic (exact) mass is 480 g/mol. The van der Waals surface area contributed by atoms with Crippen LogP contribution in [0, 0.1) is 11.8 Å². The summed E-state index contributed by atoms with van der Waals surface area (Å²) in [6, 6.07) is 0. The fourth-order valence-corrected chi connectivity index (χ4v) is 4.23. The van der Waals surface area contributed by atoms with E-state index in [9.17, 15) is 14.7 Å². The van der Waals surface area contributed by atoms with Crippen molar-refractivity contribution in [1.82, 2.24) is 0 Å². The number of allylic oxidation sites excluding steroid dienone is 3. The molecule has 0 aromatic heterocycles. The fraction of sp³-hybridized carbons (Fsp3) is 0.793. The van der Waals surface area contributed by atoms with E-state index in [1.54, 1.807) is 0 Å². The molecule has 0 saturated carbocycles. The zero-order valence-corrected chi connectivity index (χ0v) is 22.5. The molecule has 0 fully saturated rings. The number of methoxy groups -OCH3 is 1.